The van der Waals surface area contributed by atoms with Crippen LogP contribution >= 0.6 is 24.5 Å². The zero-order valence-electron chi connectivity index (χ0n) is 7.82. The Morgan fingerprint density at radius 3 is 2.71 bits per heavy atom. The zero-order valence-corrected chi connectivity index (χ0v) is 10.5. The van der Waals surface area contributed by atoms with Gasteiger partial charge < -0.3 is 0 Å². The second-order valence-corrected chi connectivity index (χ2v) is 7.31. The van der Waals surface area contributed by atoms with Crippen LogP contribution in [0, 0.1) is 0 Å². The summed E-state index contributed by atoms with van der Waals surface area (Å²) < 4.78 is 4.30. The predicted octanol–water partition coefficient (Wildman–Crippen LogP) is -1.05. The molecule has 0 aliphatic rings. The van der Waals surface area contributed by atoms with E-state index in [9.17, 15) is 0 Å². The molecule has 0 saturated heterocycles. The molecule has 82 valence electrons. The summed E-state index contributed by atoms with van der Waals surface area (Å²) in [5, 5.41) is 0. The minimum atomic E-state index is -1.20. The molecule has 1 aromatic heterocycles. The SMILES string of the molecule is CCCOn1p[n+](N)p(N)n(N)p1N. The van der Waals surface area contributed by atoms with Crippen molar-refractivity contribution >= 4 is 24.5 Å². The maximum absolute atomic E-state index is 5.83. The van der Waals surface area contributed by atoms with Crippen LogP contribution in [0.1, 0.15) is 13.3 Å². The zero-order chi connectivity index (χ0) is 10.7. The van der Waals surface area contributed by atoms with Crippen LogP contribution in [-0.2, 0) is 0 Å². The molecular formula is C3H15N7OP3+. The summed E-state index contributed by atoms with van der Waals surface area (Å²) in [4.78, 5) is 5.37. The lowest BCUT2D eigenvalue weighted by atomic mass is 10.5. The van der Waals surface area contributed by atoms with Gasteiger partial charge in [0, 0.05) is 0 Å². The molecule has 0 radical (unpaired) electrons. The Morgan fingerprint density at radius 2 is 2.14 bits per heavy atom. The van der Waals surface area contributed by atoms with E-state index in [1.807, 2.05) is 6.92 Å². The number of nitrogens with zero attached hydrogens (tertiary/aromatic N) is 3. The lowest BCUT2D eigenvalue weighted by Crippen LogP contribution is -2.44. The van der Waals surface area contributed by atoms with E-state index in [2.05, 4.69) is 0 Å². The second-order valence-electron chi connectivity index (χ2n) is 2.46. The van der Waals surface area contributed by atoms with E-state index in [1.165, 1.54) is 8.40 Å². The van der Waals surface area contributed by atoms with Crippen molar-refractivity contribution in [3.63, 3.8) is 0 Å². The van der Waals surface area contributed by atoms with Gasteiger partial charge in [-0.25, -0.2) is 15.8 Å². The average Bonchev–Trinajstić information content (AvgIpc) is 2.18. The van der Waals surface area contributed by atoms with E-state index in [4.69, 9.17) is 27.5 Å². The molecule has 0 amide bonds. The Morgan fingerprint density at radius 1 is 1.50 bits per heavy atom. The van der Waals surface area contributed by atoms with Gasteiger partial charge in [0.25, 0.3) is 16.0 Å². The monoisotopic (exact) mass is 258 g/mol. The maximum atomic E-state index is 5.83. The van der Waals surface area contributed by atoms with Crippen molar-refractivity contribution in [3.8, 4) is 0 Å². The molecule has 1 heterocycles. The fraction of sp³-hybridized carbons (Fsp3) is 1.00. The van der Waals surface area contributed by atoms with Crippen LogP contribution in [-0.4, -0.2) is 15.1 Å². The number of nitrogen functional groups attached to an aromatic ring is 4. The van der Waals surface area contributed by atoms with Gasteiger partial charge in [-0.05, 0) is 10.7 Å². The quantitative estimate of drug-likeness (QED) is 0.514. The molecule has 8 nitrogen and oxygen atoms in total. The Hall–Kier alpha value is 0.1000. The first-order valence-corrected chi connectivity index (χ1v) is 7.34. The smallest absolute Gasteiger partial charge is 0.233 e. The number of aromatic nitrogens is 3. The molecule has 0 aliphatic carbocycles. The van der Waals surface area contributed by atoms with Crippen LogP contribution < -0.4 is 31.7 Å². The molecule has 2 atom stereocenters. The topological polar surface area (TPSA) is 127 Å². The van der Waals surface area contributed by atoms with Gasteiger partial charge in [-0.15, -0.1) is 8.40 Å². The van der Waals surface area contributed by atoms with Crippen LogP contribution in [0.5, 0.6) is 0 Å². The van der Waals surface area contributed by atoms with Crippen molar-refractivity contribution in [3.05, 3.63) is 0 Å². The Labute approximate surface area is 85.3 Å². The highest BCUT2D eigenvalue weighted by Crippen LogP contribution is 2.23. The highest BCUT2D eigenvalue weighted by Gasteiger charge is 2.14. The standard InChI is InChI=1S/C3H15N7OP3/c1-2-3-11-10-12-8(4)13(6)9(5)14(10)7/h2-7H2,1H3/q+1. The lowest BCUT2D eigenvalue weighted by molar-refractivity contribution is -0.494. The number of hydrogen-bond donors (Lipinski definition) is 4. The van der Waals surface area contributed by atoms with Crippen molar-refractivity contribution in [2.75, 3.05) is 29.3 Å². The van der Waals surface area contributed by atoms with Crippen molar-refractivity contribution in [2.24, 2.45) is 0 Å². The lowest BCUT2D eigenvalue weighted by Gasteiger charge is -2.08. The van der Waals surface area contributed by atoms with Crippen molar-refractivity contribution in [1.82, 2.24) is 8.46 Å². The van der Waals surface area contributed by atoms with Crippen molar-refractivity contribution in [2.45, 2.75) is 13.3 Å². The van der Waals surface area contributed by atoms with Gasteiger partial charge in [0.15, 0.2) is 0 Å². The van der Waals surface area contributed by atoms with Gasteiger partial charge in [-0.1, -0.05) is 6.92 Å². The second kappa shape index (κ2) is 5.26. The van der Waals surface area contributed by atoms with E-state index >= 15 is 0 Å². The molecule has 0 saturated carbocycles. The van der Waals surface area contributed by atoms with Gasteiger partial charge in [0.1, 0.15) is 0 Å². The summed E-state index contributed by atoms with van der Waals surface area (Å²) in [6.07, 6.45) is 0.904. The molecule has 1 rings (SSSR count). The van der Waals surface area contributed by atoms with E-state index in [0.717, 1.165) is 6.42 Å². The summed E-state index contributed by atoms with van der Waals surface area (Å²) in [5.41, 5.74) is 11.5. The molecule has 11 heteroatoms. The Bertz CT molecular complexity index is 345. The highest BCUT2D eigenvalue weighted by atomic mass is 31.2. The minimum absolute atomic E-state index is 0.590. The van der Waals surface area contributed by atoms with E-state index in [0.29, 0.717) is 15.1 Å². The van der Waals surface area contributed by atoms with Crippen LogP contribution in [0.2, 0.25) is 0 Å². The Kier molecular flexibility index (Phi) is 4.57. The molecule has 0 spiro atoms. The van der Waals surface area contributed by atoms with Crippen molar-refractivity contribution < 1.29 is 9.04 Å². The maximum Gasteiger partial charge on any atom is 0.330 e. The summed E-state index contributed by atoms with van der Waals surface area (Å²) in [6.45, 7) is 2.60. The predicted molar refractivity (Wildman–Crippen MR) is 60.5 cm³/mol. The third-order valence-electron chi connectivity index (χ3n) is 1.38. The fourth-order valence-corrected chi connectivity index (χ4v) is 4.96. The molecule has 0 aromatic carbocycles. The van der Waals surface area contributed by atoms with E-state index in [-0.39, 0.29) is 0 Å². The van der Waals surface area contributed by atoms with Crippen LogP contribution in [0.3, 0.4) is 0 Å². The molecule has 2 unspecified atom stereocenters. The minimum Gasteiger partial charge on any atom is -0.233 e. The molecule has 1 aromatic rings. The van der Waals surface area contributed by atoms with Gasteiger partial charge in [0.05, 0.1) is 6.61 Å². The molecule has 0 aliphatic heterocycles. The molecule has 8 N–H and O–H groups in total. The van der Waals surface area contributed by atoms with Crippen LogP contribution in [0.4, 0.5) is 0 Å². The largest absolute Gasteiger partial charge is 0.330 e. The first-order valence-electron chi connectivity index (χ1n) is 3.91. The van der Waals surface area contributed by atoms with Gasteiger partial charge in [-0.2, -0.15) is 11.7 Å². The molecular weight excluding hydrogens is 243 g/mol. The van der Waals surface area contributed by atoms with E-state index < -0.39 is 16.0 Å². The normalized spacial score (nSPS) is 13.8. The summed E-state index contributed by atoms with van der Waals surface area (Å²) in [6, 6.07) is 0. The van der Waals surface area contributed by atoms with E-state index in [1.54, 1.807) is 4.26 Å². The molecule has 0 bridgehead atoms. The summed E-state index contributed by atoms with van der Waals surface area (Å²) >= 11 is 0. The van der Waals surface area contributed by atoms with Gasteiger partial charge in [-0.3, -0.25) is 0 Å². The van der Waals surface area contributed by atoms with Gasteiger partial charge >= 0.3 is 8.51 Å². The molecule has 14 heavy (non-hydrogen) atoms. The summed E-state index contributed by atoms with van der Waals surface area (Å²) in [7, 11) is -1.76. The fourth-order valence-electron chi connectivity index (χ4n) is 0.684. The third-order valence-corrected chi connectivity index (χ3v) is 6.24. The average molecular weight is 258 g/mol. The van der Waals surface area contributed by atoms with Gasteiger partial charge in [0.2, 0.25) is 0 Å². The van der Waals surface area contributed by atoms with Crippen LogP contribution in [0.15, 0.2) is 0 Å². The third kappa shape index (κ3) is 2.57. The molecule has 0 fully saturated rings. The first kappa shape index (κ1) is 12.2. The van der Waals surface area contributed by atoms with Crippen LogP contribution in [0.25, 0.3) is 0 Å². The number of nitrogens with two attached hydrogens (primary N) is 4. The summed E-state index contributed by atoms with van der Waals surface area (Å²) in [5.74, 6) is 11.3. The number of rotatable bonds is 3. The number of hydrogen-bond acceptors (Lipinski definition) is 5. The highest BCUT2D eigenvalue weighted by molar-refractivity contribution is 7.56. The first-order chi connectivity index (χ1) is 6.57. The Balaban J connectivity index is 3.06. The van der Waals surface area contributed by atoms with Crippen molar-refractivity contribution in [1.29, 1.82) is 0 Å².